The molecular weight excluding hydrogens is 266 g/mol. The third-order valence-corrected chi connectivity index (χ3v) is 3.14. The molecule has 0 aliphatic heterocycles. The summed E-state index contributed by atoms with van der Waals surface area (Å²) in [6, 6.07) is 2.77. The molecule has 0 spiro atoms. The van der Waals surface area contributed by atoms with Crippen LogP contribution in [0.4, 0.5) is 5.69 Å². The van der Waals surface area contributed by atoms with Crippen molar-refractivity contribution >= 4 is 31.7 Å². The van der Waals surface area contributed by atoms with E-state index in [2.05, 4.69) is 10.0 Å². The molecule has 0 amide bonds. The summed E-state index contributed by atoms with van der Waals surface area (Å²) in [7, 11) is 1.41. The van der Waals surface area contributed by atoms with Gasteiger partial charge in [0.25, 0.3) is 0 Å². The molecular formula is C9H8ClN3O3S. The fraction of sp³-hybridized carbons (Fsp3) is 0.222. The van der Waals surface area contributed by atoms with Crippen LogP contribution in [0.25, 0.3) is 10.4 Å². The standard InChI is InChI=1S/C9H8ClN3O3S/c1-6-7(4-14)2-9(12-13-11)3-8(6)5-17(10,15)16/h2-4H,5H2,1H3. The Balaban J connectivity index is 3.42. The lowest BCUT2D eigenvalue weighted by Crippen LogP contribution is -2.00. The zero-order valence-electron chi connectivity index (χ0n) is 8.79. The van der Waals surface area contributed by atoms with Gasteiger partial charge < -0.3 is 0 Å². The summed E-state index contributed by atoms with van der Waals surface area (Å²) < 4.78 is 22.0. The van der Waals surface area contributed by atoms with Crippen LogP contribution >= 0.6 is 10.7 Å². The van der Waals surface area contributed by atoms with E-state index in [9.17, 15) is 13.2 Å². The molecule has 0 aliphatic rings. The minimum atomic E-state index is -3.73. The van der Waals surface area contributed by atoms with Gasteiger partial charge in [-0.3, -0.25) is 4.79 Å². The number of nitrogens with zero attached hydrogens (tertiary/aromatic N) is 3. The highest BCUT2D eigenvalue weighted by Gasteiger charge is 2.13. The fourth-order valence-electron chi connectivity index (χ4n) is 1.35. The summed E-state index contributed by atoms with van der Waals surface area (Å²) in [5.41, 5.74) is 9.59. The van der Waals surface area contributed by atoms with Crippen molar-refractivity contribution in [2.24, 2.45) is 5.11 Å². The van der Waals surface area contributed by atoms with Gasteiger partial charge in [0.05, 0.1) is 5.75 Å². The summed E-state index contributed by atoms with van der Waals surface area (Å²) in [6.07, 6.45) is 0.566. The number of rotatable bonds is 4. The Morgan fingerprint density at radius 3 is 2.65 bits per heavy atom. The summed E-state index contributed by atoms with van der Waals surface area (Å²) >= 11 is 0. The lowest BCUT2D eigenvalue weighted by Gasteiger charge is -2.07. The molecule has 0 saturated heterocycles. The van der Waals surface area contributed by atoms with Crippen LogP contribution < -0.4 is 0 Å². The number of halogens is 1. The van der Waals surface area contributed by atoms with Gasteiger partial charge in [-0.2, -0.15) is 0 Å². The molecule has 8 heteroatoms. The number of benzene rings is 1. The minimum Gasteiger partial charge on any atom is -0.298 e. The molecule has 17 heavy (non-hydrogen) atoms. The maximum Gasteiger partial charge on any atom is 0.236 e. The Bertz CT molecular complexity index is 606. The van der Waals surface area contributed by atoms with Gasteiger partial charge in [0.2, 0.25) is 9.05 Å². The van der Waals surface area contributed by atoms with Crippen molar-refractivity contribution in [3.8, 4) is 0 Å². The molecule has 0 saturated carbocycles. The van der Waals surface area contributed by atoms with Crippen LogP contribution in [-0.4, -0.2) is 14.7 Å². The smallest absolute Gasteiger partial charge is 0.236 e. The van der Waals surface area contributed by atoms with Gasteiger partial charge in [0.15, 0.2) is 0 Å². The molecule has 0 N–H and O–H groups in total. The lowest BCUT2D eigenvalue weighted by atomic mass is 10.0. The van der Waals surface area contributed by atoms with Crippen molar-refractivity contribution in [1.29, 1.82) is 0 Å². The first kappa shape index (κ1) is 13.5. The van der Waals surface area contributed by atoms with E-state index in [4.69, 9.17) is 16.2 Å². The molecule has 0 aromatic heterocycles. The van der Waals surface area contributed by atoms with Crippen LogP contribution in [0.5, 0.6) is 0 Å². The van der Waals surface area contributed by atoms with E-state index in [1.807, 2.05) is 0 Å². The van der Waals surface area contributed by atoms with Crippen LogP contribution in [0.2, 0.25) is 0 Å². The molecule has 90 valence electrons. The van der Waals surface area contributed by atoms with Gasteiger partial charge in [-0.25, -0.2) is 8.42 Å². The number of azide groups is 1. The highest BCUT2D eigenvalue weighted by molar-refractivity contribution is 8.13. The highest BCUT2D eigenvalue weighted by Crippen LogP contribution is 2.24. The van der Waals surface area contributed by atoms with Crippen molar-refractivity contribution in [2.75, 3.05) is 0 Å². The molecule has 0 heterocycles. The van der Waals surface area contributed by atoms with E-state index in [-0.39, 0.29) is 11.3 Å². The molecule has 1 aromatic rings. The second-order valence-corrected chi connectivity index (χ2v) is 6.09. The van der Waals surface area contributed by atoms with Gasteiger partial charge in [-0.15, -0.1) is 0 Å². The van der Waals surface area contributed by atoms with Gasteiger partial charge in [0, 0.05) is 26.8 Å². The lowest BCUT2D eigenvalue weighted by molar-refractivity contribution is 0.112. The van der Waals surface area contributed by atoms with E-state index < -0.39 is 14.8 Å². The zero-order chi connectivity index (χ0) is 13.1. The van der Waals surface area contributed by atoms with Crippen LogP contribution in [-0.2, 0) is 14.8 Å². The molecule has 0 unspecified atom stereocenters. The Morgan fingerprint density at radius 1 is 1.53 bits per heavy atom. The Labute approximate surface area is 102 Å². The Kier molecular flexibility index (Phi) is 4.11. The molecule has 0 fully saturated rings. The predicted molar refractivity (Wildman–Crippen MR) is 63.8 cm³/mol. The first-order chi connectivity index (χ1) is 7.87. The molecule has 1 aromatic carbocycles. The van der Waals surface area contributed by atoms with E-state index >= 15 is 0 Å². The minimum absolute atomic E-state index is 0.176. The van der Waals surface area contributed by atoms with Crippen LogP contribution in [0.15, 0.2) is 17.2 Å². The third-order valence-electron chi connectivity index (χ3n) is 2.16. The number of carbonyl (C=O) groups is 1. The molecule has 6 nitrogen and oxygen atoms in total. The number of hydrogen-bond acceptors (Lipinski definition) is 4. The van der Waals surface area contributed by atoms with E-state index in [1.165, 1.54) is 12.1 Å². The van der Waals surface area contributed by atoms with Crippen LogP contribution in [0.1, 0.15) is 21.5 Å². The van der Waals surface area contributed by atoms with Crippen molar-refractivity contribution in [2.45, 2.75) is 12.7 Å². The number of carbonyl (C=O) groups excluding carboxylic acids is 1. The number of hydrogen-bond donors (Lipinski definition) is 0. The summed E-state index contributed by atoms with van der Waals surface area (Å²) in [4.78, 5) is 13.4. The quantitative estimate of drug-likeness (QED) is 0.277. The average Bonchev–Trinajstić information content (AvgIpc) is 2.21. The van der Waals surface area contributed by atoms with Crippen molar-refractivity contribution < 1.29 is 13.2 Å². The molecule has 0 aliphatic carbocycles. The Morgan fingerprint density at radius 2 is 2.18 bits per heavy atom. The SMILES string of the molecule is Cc1c(C=O)cc(N=[N+]=[N-])cc1CS(=O)(=O)Cl. The predicted octanol–water partition coefficient (Wildman–Crippen LogP) is 2.82. The normalized spacial score (nSPS) is 10.7. The number of aldehydes is 1. The maximum absolute atomic E-state index is 11.0. The van der Waals surface area contributed by atoms with Crippen LogP contribution in [0.3, 0.4) is 0 Å². The van der Waals surface area contributed by atoms with Crippen molar-refractivity contribution in [3.05, 3.63) is 39.3 Å². The first-order valence-corrected chi connectivity index (χ1v) is 6.91. The maximum atomic E-state index is 11.0. The molecule has 0 bridgehead atoms. The van der Waals surface area contributed by atoms with Gasteiger partial charge in [-0.1, -0.05) is 5.11 Å². The second-order valence-electron chi connectivity index (χ2n) is 3.31. The third kappa shape index (κ3) is 3.74. The summed E-state index contributed by atoms with van der Waals surface area (Å²) in [6.45, 7) is 1.60. The van der Waals surface area contributed by atoms with Gasteiger partial charge in [0.1, 0.15) is 6.29 Å². The fourth-order valence-corrected chi connectivity index (χ4v) is 2.37. The largest absolute Gasteiger partial charge is 0.298 e. The molecule has 1 rings (SSSR count). The zero-order valence-corrected chi connectivity index (χ0v) is 10.4. The Hall–Kier alpha value is -1.56. The van der Waals surface area contributed by atoms with Crippen molar-refractivity contribution in [3.63, 3.8) is 0 Å². The van der Waals surface area contributed by atoms with E-state index in [1.54, 1.807) is 6.92 Å². The molecule has 0 radical (unpaired) electrons. The van der Waals surface area contributed by atoms with E-state index in [0.29, 0.717) is 17.4 Å². The second kappa shape index (κ2) is 5.18. The summed E-state index contributed by atoms with van der Waals surface area (Å²) in [5.74, 6) is -0.421. The topological polar surface area (TPSA) is 100.0 Å². The van der Waals surface area contributed by atoms with Crippen LogP contribution in [0, 0.1) is 6.92 Å². The average molecular weight is 274 g/mol. The molecule has 0 atom stereocenters. The van der Waals surface area contributed by atoms with Gasteiger partial charge in [-0.05, 0) is 35.7 Å². The highest BCUT2D eigenvalue weighted by atomic mass is 35.7. The van der Waals surface area contributed by atoms with Crippen molar-refractivity contribution in [1.82, 2.24) is 0 Å². The first-order valence-electron chi connectivity index (χ1n) is 4.43. The summed E-state index contributed by atoms with van der Waals surface area (Å²) in [5, 5.41) is 3.33. The van der Waals surface area contributed by atoms with Gasteiger partial charge >= 0.3 is 0 Å². The monoisotopic (exact) mass is 273 g/mol. The van der Waals surface area contributed by atoms with E-state index in [0.717, 1.165) is 0 Å².